The van der Waals surface area contributed by atoms with Crippen LogP contribution in [0.25, 0.3) is 0 Å². The van der Waals surface area contributed by atoms with E-state index in [1.807, 2.05) is 39.2 Å². The van der Waals surface area contributed by atoms with E-state index in [0.29, 0.717) is 0 Å². The lowest BCUT2D eigenvalue weighted by atomic mass is 10.1. The molecule has 0 fully saturated rings. The number of likely N-dealkylation sites (N-methyl/N-ethyl adjacent to an activating group) is 2. The number of carbonyl (C=O) groups is 1. The molecule has 0 saturated heterocycles. The maximum absolute atomic E-state index is 12.1. The molecule has 0 bridgehead atoms. The highest BCUT2D eigenvalue weighted by Crippen LogP contribution is 2.16. The van der Waals surface area contributed by atoms with E-state index in [1.54, 1.807) is 4.90 Å². The summed E-state index contributed by atoms with van der Waals surface area (Å²) in [6, 6.07) is 5.82. The van der Waals surface area contributed by atoms with Crippen molar-refractivity contribution in [2.45, 2.75) is 6.92 Å². The normalized spacial score (nSPS) is 10.2. The first-order chi connectivity index (χ1) is 7.57. The zero-order chi connectivity index (χ0) is 12.1. The molecule has 0 radical (unpaired) electrons. The third-order valence-electron chi connectivity index (χ3n) is 2.54. The van der Waals surface area contributed by atoms with E-state index >= 15 is 0 Å². The second kappa shape index (κ2) is 6.20. The van der Waals surface area contributed by atoms with Gasteiger partial charge in [-0.1, -0.05) is 6.07 Å². The van der Waals surface area contributed by atoms with Gasteiger partial charge in [0.05, 0.1) is 0 Å². The van der Waals surface area contributed by atoms with Gasteiger partial charge in [-0.05, 0) is 54.3 Å². The van der Waals surface area contributed by atoms with Crippen LogP contribution in [0.2, 0.25) is 0 Å². The fraction of sp³-hybridized carbons (Fsp3) is 0.417. The van der Waals surface area contributed by atoms with E-state index < -0.39 is 0 Å². The molecule has 0 atom stereocenters. The van der Waals surface area contributed by atoms with Gasteiger partial charge in [-0.25, -0.2) is 0 Å². The summed E-state index contributed by atoms with van der Waals surface area (Å²) in [6.07, 6.45) is 0. The molecule has 0 saturated carbocycles. The Morgan fingerprint density at radius 3 is 2.81 bits per heavy atom. The van der Waals surface area contributed by atoms with Crippen molar-refractivity contribution in [3.05, 3.63) is 32.9 Å². The van der Waals surface area contributed by atoms with Crippen LogP contribution >= 0.6 is 22.6 Å². The summed E-state index contributed by atoms with van der Waals surface area (Å²) in [4.78, 5) is 13.9. The minimum Gasteiger partial charge on any atom is -0.340 e. The molecule has 0 spiro atoms. The van der Waals surface area contributed by atoms with Crippen LogP contribution in [0.5, 0.6) is 0 Å². The first-order valence-corrected chi connectivity index (χ1v) is 6.31. The quantitative estimate of drug-likeness (QED) is 0.854. The van der Waals surface area contributed by atoms with Crippen molar-refractivity contribution in [3.8, 4) is 0 Å². The van der Waals surface area contributed by atoms with Crippen molar-refractivity contribution in [1.82, 2.24) is 10.2 Å². The average molecular weight is 332 g/mol. The lowest BCUT2D eigenvalue weighted by Gasteiger charge is -2.18. The summed E-state index contributed by atoms with van der Waals surface area (Å²) in [5.41, 5.74) is 1.86. The maximum Gasteiger partial charge on any atom is 0.253 e. The van der Waals surface area contributed by atoms with Gasteiger partial charge in [-0.3, -0.25) is 4.79 Å². The largest absolute Gasteiger partial charge is 0.340 e. The van der Waals surface area contributed by atoms with E-state index in [-0.39, 0.29) is 5.91 Å². The van der Waals surface area contributed by atoms with Crippen LogP contribution in [-0.2, 0) is 0 Å². The Balaban J connectivity index is 2.84. The Hall–Kier alpha value is -0.620. The molecule has 1 rings (SSSR count). The zero-order valence-corrected chi connectivity index (χ0v) is 12.0. The predicted molar refractivity (Wildman–Crippen MR) is 74.8 cm³/mol. The van der Waals surface area contributed by atoms with Crippen molar-refractivity contribution in [2.75, 3.05) is 27.2 Å². The van der Waals surface area contributed by atoms with Crippen LogP contribution in [0.4, 0.5) is 0 Å². The standard InChI is InChI=1S/C12H17IN2O/c1-9-10(5-4-6-11(9)13)12(16)15(3)8-7-14-2/h4-6,14H,7-8H2,1-3H3. The van der Waals surface area contributed by atoms with Crippen molar-refractivity contribution >= 4 is 28.5 Å². The molecular weight excluding hydrogens is 315 g/mol. The zero-order valence-electron chi connectivity index (χ0n) is 9.88. The molecular formula is C12H17IN2O. The predicted octanol–water partition coefficient (Wildman–Crippen LogP) is 1.89. The van der Waals surface area contributed by atoms with Crippen LogP contribution in [-0.4, -0.2) is 38.0 Å². The van der Waals surface area contributed by atoms with E-state index in [1.165, 1.54) is 0 Å². The smallest absolute Gasteiger partial charge is 0.253 e. The summed E-state index contributed by atoms with van der Waals surface area (Å²) < 4.78 is 1.13. The molecule has 1 aromatic carbocycles. The van der Waals surface area contributed by atoms with Gasteiger partial charge in [0.25, 0.3) is 5.91 Å². The van der Waals surface area contributed by atoms with Gasteiger partial charge in [0, 0.05) is 29.3 Å². The number of hydrogen-bond donors (Lipinski definition) is 1. The summed E-state index contributed by atoms with van der Waals surface area (Å²) in [6.45, 7) is 3.52. The number of amides is 1. The maximum atomic E-state index is 12.1. The van der Waals surface area contributed by atoms with Crippen LogP contribution in [0, 0.1) is 10.5 Å². The van der Waals surface area contributed by atoms with Crippen molar-refractivity contribution < 1.29 is 4.79 Å². The lowest BCUT2D eigenvalue weighted by molar-refractivity contribution is 0.0796. The van der Waals surface area contributed by atoms with E-state index in [0.717, 1.165) is 27.8 Å². The molecule has 0 aromatic heterocycles. The highest BCUT2D eigenvalue weighted by molar-refractivity contribution is 14.1. The molecule has 0 aliphatic carbocycles. The SMILES string of the molecule is CNCCN(C)C(=O)c1cccc(I)c1C. The van der Waals surface area contributed by atoms with Gasteiger partial charge in [0.15, 0.2) is 0 Å². The minimum atomic E-state index is 0.0891. The number of nitrogens with zero attached hydrogens (tertiary/aromatic N) is 1. The van der Waals surface area contributed by atoms with Crippen molar-refractivity contribution in [1.29, 1.82) is 0 Å². The van der Waals surface area contributed by atoms with Gasteiger partial charge in [-0.2, -0.15) is 0 Å². The number of rotatable bonds is 4. The van der Waals surface area contributed by atoms with Crippen LogP contribution < -0.4 is 5.32 Å². The van der Waals surface area contributed by atoms with Gasteiger partial charge in [-0.15, -0.1) is 0 Å². The summed E-state index contributed by atoms with van der Waals surface area (Å²) in [5, 5.41) is 3.04. The average Bonchev–Trinajstić information content (AvgIpc) is 2.28. The van der Waals surface area contributed by atoms with Gasteiger partial charge >= 0.3 is 0 Å². The molecule has 4 heteroatoms. The second-order valence-corrected chi connectivity index (χ2v) is 4.90. The molecule has 88 valence electrons. The first-order valence-electron chi connectivity index (χ1n) is 5.23. The Morgan fingerprint density at radius 1 is 1.50 bits per heavy atom. The molecule has 1 aromatic rings. The Kier molecular flexibility index (Phi) is 5.21. The Morgan fingerprint density at radius 2 is 2.19 bits per heavy atom. The molecule has 0 aliphatic heterocycles. The number of hydrogen-bond acceptors (Lipinski definition) is 2. The fourth-order valence-electron chi connectivity index (χ4n) is 1.43. The van der Waals surface area contributed by atoms with E-state index in [4.69, 9.17) is 0 Å². The number of benzene rings is 1. The molecule has 0 heterocycles. The van der Waals surface area contributed by atoms with Crippen LogP contribution in [0.15, 0.2) is 18.2 Å². The molecule has 1 N–H and O–H groups in total. The number of carbonyl (C=O) groups excluding carboxylic acids is 1. The van der Waals surface area contributed by atoms with Crippen LogP contribution in [0.1, 0.15) is 15.9 Å². The highest BCUT2D eigenvalue weighted by Gasteiger charge is 2.14. The molecule has 1 amide bonds. The third kappa shape index (κ3) is 3.18. The monoisotopic (exact) mass is 332 g/mol. The Bertz CT molecular complexity index is 379. The molecule has 3 nitrogen and oxygen atoms in total. The second-order valence-electron chi connectivity index (χ2n) is 3.74. The highest BCUT2D eigenvalue weighted by atomic mass is 127. The minimum absolute atomic E-state index is 0.0891. The van der Waals surface area contributed by atoms with Gasteiger partial charge in [0.2, 0.25) is 0 Å². The fourth-order valence-corrected chi connectivity index (χ4v) is 1.92. The number of nitrogens with one attached hydrogen (secondary N) is 1. The van der Waals surface area contributed by atoms with Gasteiger partial charge in [0.1, 0.15) is 0 Å². The van der Waals surface area contributed by atoms with Crippen LogP contribution in [0.3, 0.4) is 0 Å². The summed E-state index contributed by atoms with van der Waals surface area (Å²) in [5.74, 6) is 0.0891. The molecule has 0 unspecified atom stereocenters. The topological polar surface area (TPSA) is 32.3 Å². The van der Waals surface area contributed by atoms with E-state index in [9.17, 15) is 4.79 Å². The first kappa shape index (κ1) is 13.4. The van der Waals surface area contributed by atoms with Gasteiger partial charge < -0.3 is 10.2 Å². The summed E-state index contributed by atoms with van der Waals surface area (Å²) >= 11 is 2.25. The number of halogens is 1. The third-order valence-corrected chi connectivity index (χ3v) is 3.71. The summed E-state index contributed by atoms with van der Waals surface area (Å²) in [7, 11) is 3.72. The van der Waals surface area contributed by atoms with Crippen molar-refractivity contribution in [2.24, 2.45) is 0 Å². The molecule has 16 heavy (non-hydrogen) atoms. The Labute approximate surface area is 110 Å². The van der Waals surface area contributed by atoms with Crippen molar-refractivity contribution in [3.63, 3.8) is 0 Å². The van der Waals surface area contributed by atoms with E-state index in [2.05, 4.69) is 27.9 Å². The lowest BCUT2D eigenvalue weighted by Crippen LogP contribution is -2.33. The molecule has 0 aliphatic rings.